The number of aliphatic hydroxyl groups excluding tert-OH is 1. The summed E-state index contributed by atoms with van der Waals surface area (Å²) in [5.41, 5.74) is 0.594. The number of halogens is 1. The number of ether oxygens (including phenoxy) is 1. The van der Waals surface area contributed by atoms with Crippen molar-refractivity contribution in [2.24, 2.45) is 11.8 Å². The molecule has 3 aromatic rings. The zero-order valence-corrected chi connectivity index (χ0v) is 24.3. The summed E-state index contributed by atoms with van der Waals surface area (Å²) in [5, 5.41) is 16.3. The second kappa shape index (κ2) is 13.4. The van der Waals surface area contributed by atoms with Crippen LogP contribution in [0.2, 0.25) is 5.02 Å². The molecular weight excluding hydrogens is 552 g/mol. The van der Waals surface area contributed by atoms with E-state index >= 15 is 0 Å². The molecule has 0 bridgehead atoms. The van der Waals surface area contributed by atoms with E-state index in [1.165, 1.54) is 23.2 Å². The number of carbonyl (C=O) groups excluding carboxylic acids is 3. The third kappa shape index (κ3) is 7.20. The van der Waals surface area contributed by atoms with Gasteiger partial charge in [-0.3, -0.25) is 19.3 Å². The van der Waals surface area contributed by atoms with E-state index in [9.17, 15) is 19.5 Å². The van der Waals surface area contributed by atoms with Crippen LogP contribution in [-0.2, 0) is 9.53 Å². The number of rotatable bonds is 10. The molecule has 12 nitrogen and oxygen atoms in total. The van der Waals surface area contributed by atoms with Crippen molar-refractivity contribution in [1.82, 2.24) is 19.8 Å². The minimum Gasteiger partial charge on any atom is -0.447 e. The lowest BCUT2D eigenvalue weighted by Gasteiger charge is -2.33. The molecule has 1 fully saturated rings. The number of aromatic nitrogens is 2. The first-order valence-electron chi connectivity index (χ1n) is 13.3. The Morgan fingerprint density at radius 3 is 2.49 bits per heavy atom. The van der Waals surface area contributed by atoms with E-state index in [-0.39, 0.29) is 57.7 Å². The summed E-state index contributed by atoms with van der Waals surface area (Å²) in [4.78, 5) is 51.5. The largest absolute Gasteiger partial charge is 0.447 e. The van der Waals surface area contributed by atoms with E-state index in [1.54, 1.807) is 31.2 Å². The number of carbonyl (C=O) groups is 3. The van der Waals surface area contributed by atoms with Gasteiger partial charge in [-0.1, -0.05) is 11.6 Å². The third-order valence-corrected chi connectivity index (χ3v) is 7.47. The molecule has 3 N–H and O–H groups in total. The summed E-state index contributed by atoms with van der Waals surface area (Å²) in [6.45, 7) is 0.714. The van der Waals surface area contributed by atoms with Gasteiger partial charge in [0, 0.05) is 32.8 Å². The Labute approximate surface area is 243 Å². The summed E-state index contributed by atoms with van der Waals surface area (Å²) >= 11 is 5.90. The maximum Gasteiger partial charge on any atom is 0.294 e. The normalized spacial score (nSPS) is 17.8. The molecule has 1 unspecified atom stereocenters. The Bertz CT molecular complexity index is 1390. The first-order valence-corrected chi connectivity index (χ1v) is 13.7. The number of methoxy groups -OCH3 is 1. The monoisotopic (exact) mass is 586 g/mol. The average Bonchev–Trinajstić information content (AvgIpc) is 3.33. The molecule has 1 aliphatic rings. The van der Waals surface area contributed by atoms with Crippen LogP contribution in [0.15, 0.2) is 34.9 Å². The van der Waals surface area contributed by atoms with E-state index in [4.69, 9.17) is 20.8 Å². The van der Waals surface area contributed by atoms with E-state index < -0.39 is 12.1 Å². The molecule has 0 spiro atoms. The molecule has 41 heavy (non-hydrogen) atoms. The van der Waals surface area contributed by atoms with E-state index in [0.717, 1.165) is 0 Å². The quantitative estimate of drug-likeness (QED) is 0.303. The molecule has 220 valence electrons. The Morgan fingerprint density at radius 2 is 1.85 bits per heavy atom. The first-order chi connectivity index (χ1) is 19.6. The summed E-state index contributed by atoms with van der Waals surface area (Å²) in [6.07, 6.45) is 3.34. The minimum absolute atomic E-state index is 0.0705. The SMILES string of the molecule is COCCN(C)C(=O)c1ccc2oc(C(=O)Nc3ccc(Cl)cn3)c(NC(=O)C3CCC(C(O)N(C)C)CC3)c2n1. The number of nitrogens with one attached hydrogen (secondary N) is 2. The Balaban J connectivity index is 1.63. The van der Waals surface area contributed by atoms with Crippen LogP contribution in [0, 0.1) is 11.8 Å². The minimum atomic E-state index is -0.656. The highest BCUT2D eigenvalue weighted by atomic mass is 35.5. The highest BCUT2D eigenvalue weighted by Crippen LogP contribution is 2.35. The molecule has 4 rings (SSSR count). The zero-order chi connectivity index (χ0) is 29.7. The van der Waals surface area contributed by atoms with Crippen LogP contribution in [0.25, 0.3) is 11.1 Å². The maximum absolute atomic E-state index is 13.4. The van der Waals surface area contributed by atoms with Crippen LogP contribution in [0.1, 0.15) is 46.7 Å². The van der Waals surface area contributed by atoms with Gasteiger partial charge in [-0.2, -0.15) is 0 Å². The average molecular weight is 587 g/mol. The van der Waals surface area contributed by atoms with Crippen LogP contribution in [0.3, 0.4) is 0 Å². The van der Waals surface area contributed by atoms with Gasteiger partial charge in [0.15, 0.2) is 5.58 Å². The van der Waals surface area contributed by atoms with E-state index in [0.29, 0.717) is 43.9 Å². The zero-order valence-electron chi connectivity index (χ0n) is 23.5. The van der Waals surface area contributed by atoms with E-state index in [2.05, 4.69) is 20.6 Å². The number of hydrogen-bond acceptors (Lipinski definition) is 9. The topological polar surface area (TPSA) is 150 Å². The standard InChI is InChI=1S/C28H35ClN6O6/c1-34(2)27(38)17-7-5-16(6-8-17)25(36)33-23-22-20(11-10-19(31-22)28(39)35(3)13-14-40-4)41-24(23)26(37)32-21-12-9-18(29)15-30-21/h9-12,15-17,27,38H,5-8,13-14H2,1-4H3,(H,33,36)(H,30,32,37). The smallest absolute Gasteiger partial charge is 0.294 e. The molecule has 1 aliphatic carbocycles. The van der Waals surface area contributed by atoms with Gasteiger partial charge in [-0.25, -0.2) is 9.97 Å². The van der Waals surface area contributed by atoms with Crippen LogP contribution in [0.4, 0.5) is 11.5 Å². The van der Waals surface area contributed by atoms with Gasteiger partial charge >= 0.3 is 0 Å². The predicted molar refractivity (Wildman–Crippen MR) is 154 cm³/mol. The number of nitrogens with zero attached hydrogens (tertiary/aromatic N) is 4. The van der Waals surface area contributed by atoms with Crippen LogP contribution in [0.5, 0.6) is 0 Å². The summed E-state index contributed by atoms with van der Waals surface area (Å²) in [5.74, 6) is -1.50. The lowest BCUT2D eigenvalue weighted by Crippen LogP contribution is -2.38. The molecule has 1 saturated carbocycles. The number of likely N-dealkylation sites (N-methyl/N-ethyl adjacent to an activating group) is 1. The molecule has 0 radical (unpaired) electrons. The number of hydrogen-bond donors (Lipinski definition) is 3. The van der Waals surface area contributed by atoms with Crippen molar-refractivity contribution in [3.63, 3.8) is 0 Å². The Kier molecular flexibility index (Phi) is 9.92. The van der Waals surface area contributed by atoms with E-state index in [1.807, 2.05) is 14.1 Å². The molecule has 3 aromatic heterocycles. The lowest BCUT2D eigenvalue weighted by molar-refractivity contribution is -0.122. The van der Waals surface area contributed by atoms with Gasteiger partial charge in [0.25, 0.3) is 11.8 Å². The number of anilines is 2. The van der Waals surface area contributed by atoms with Crippen LogP contribution in [-0.4, -0.2) is 90.2 Å². The number of pyridine rings is 2. The summed E-state index contributed by atoms with van der Waals surface area (Å²) in [7, 11) is 6.82. The van der Waals surface area contributed by atoms with Crippen molar-refractivity contribution in [3.05, 3.63) is 46.9 Å². The second-order valence-electron chi connectivity index (χ2n) is 10.4. The molecule has 0 saturated heterocycles. The molecule has 13 heteroatoms. The van der Waals surface area contributed by atoms with Gasteiger partial charge < -0.3 is 29.8 Å². The fourth-order valence-corrected chi connectivity index (χ4v) is 4.96. The highest BCUT2D eigenvalue weighted by Gasteiger charge is 2.33. The van der Waals surface area contributed by atoms with Gasteiger partial charge in [0.1, 0.15) is 28.9 Å². The number of amides is 3. The second-order valence-corrected chi connectivity index (χ2v) is 10.8. The number of furan rings is 1. The van der Waals surface area contributed by atoms with Crippen molar-refractivity contribution in [2.45, 2.75) is 31.9 Å². The summed E-state index contributed by atoms with van der Waals surface area (Å²) in [6, 6.07) is 6.16. The van der Waals surface area contributed by atoms with Crippen molar-refractivity contribution < 1.29 is 28.6 Å². The van der Waals surface area contributed by atoms with Gasteiger partial charge in [0.2, 0.25) is 11.7 Å². The number of aliphatic hydroxyl groups is 1. The summed E-state index contributed by atoms with van der Waals surface area (Å²) < 4.78 is 10.9. The van der Waals surface area contributed by atoms with Crippen LogP contribution < -0.4 is 10.6 Å². The van der Waals surface area contributed by atoms with Gasteiger partial charge in [0.05, 0.1) is 11.6 Å². The van der Waals surface area contributed by atoms with Crippen molar-refractivity contribution in [3.8, 4) is 0 Å². The first kappa shape index (κ1) is 30.4. The van der Waals surface area contributed by atoms with Crippen molar-refractivity contribution in [2.75, 3.05) is 52.0 Å². The molecule has 0 aliphatic heterocycles. The fraction of sp³-hybridized carbons (Fsp3) is 0.464. The molecule has 3 heterocycles. The van der Waals surface area contributed by atoms with Gasteiger partial charge in [-0.15, -0.1) is 0 Å². The predicted octanol–water partition coefficient (Wildman–Crippen LogP) is 3.47. The van der Waals surface area contributed by atoms with Crippen LogP contribution >= 0.6 is 11.6 Å². The molecular formula is C28H35ClN6O6. The van der Waals surface area contributed by atoms with Crippen molar-refractivity contribution >= 4 is 51.9 Å². The number of fused-ring (bicyclic) bond motifs is 1. The maximum atomic E-state index is 13.4. The Morgan fingerprint density at radius 1 is 1.12 bits per heavy atom. The van der Waals surface area contributed by atoms with Gasteiger partial charge in [-0.05, 0) is 70.0 Å². The van der Waals surface area contributed by atoms with Crippen molar-refractivity contribution in [1.29, 1.82) is 0 Å². The molecule has 1 atom stereocenters. The lowest BCUT2D eigenvalue weighted by atomic mass is 9.80. The fourth-order valence-electron chi connectivity index (χ4n) is 4.85. The Hall–Kier alpha value is -3.58. The highest BCUT2D eigenvalue weighted by molar-refractivity contribution is 6.30. The molecule has 3 amide bonds. The third-order valence-electron chi connectivity index (χ3n) is 7.25. The molecule has 0 aromatic carbocycles.